The third kappa shape index (κ3) is 6.69. The Labute approximate surface area is 194 Å². The lowest BCUT2D eigenvalue weighted by atomic mass is 9.96. The first kappa shape index (κ1) is 24.1. The van der Waals surface area contributed by atoms with Crippen LogP contribution in [0.3, 0.4) is 0 Å². The molecule has 0 aliphatic carbocycles. The monoisotopic (exact) mass is 482 g/mol. The second-order valence-electron chi connectivity index (χ2n) is 8.06. The van der Waals surface area contributed by atoms with Gasteiger partial charge in [0.05, 0.1) is 5.75 Å². The van der Waals surface area contributed by atoms with Crippen molar-refractivity contribution in [2.45, 2.75) is 44.4 Å². The van der Waals surface area contributed by atoms with Crippen molar-refractivity contribution < 1.29 is 13.2 Å². The van der Waals surface area contributed by atoms with Crippen LogP contribution in [-0.4, -0.2) is 37.8 Å². The second-order valence-corrected chi connectivity index (χ2v) is 10.8. The molecule has 1 heterocycles. The molecule has 2 aromatic rings. The van der Waals surface area contributed by atoms with Crippen molar-refractivity contribution in [1.82, 2.24) is 9.62 Å². The summed E-state index contributed by atoms with van der Waals surface area (Å²) >= 11 is 12.3. The first-order chi connectivity index (χ1) is 14.8. The number of halogens is 2. The van der Waals surface area contributed by atoms with Crippen molar-refractivity contribution in [3.8, 4) is 0 Å². The third-order valence-corrected chi connectivity index (χ3v) is 8.22. The number of carbonyl (C=O) groups excluding carboxylic acids is 1. The van der Waals surface area contributed by atoms with Gasteiger partial charge in [0.1, 0.15) is 0 Å². The minimum absolute atomic E-state index is 0.00626. The van der Waals surface area contributed by atoms with Crippen LogP contribution in [0.25, 0.3) is 0 Å². The zero-order chi connectivity index (χ0) is 22.4. The zero-order valence-corrected chi connectivity index (χ0v) is 19.9. The van der Waals surface area contributed by atoms with Crippen LogP contribution >= 0.6 is 23.2 Å². The highest BCUT2D eigenvalue weighted by Crippen LogP contribution is 2.29. The largest absolute Gasteiger partial charge is 0.353 e. The van der Waals surface area contributed by atoms with E-state index in [9.17, 15) is 13.2 Å². The molecule has 0 saturated carbocycles. The number of nitrogens with one attached hydrogen (secondary N) is 1. The fourth-order valence-corrected chi connectivity index (χ4v) is 6.12. The maximum atomic E-state index is 12.8. The molecule has 8 heteroatoms. The van der Waals surface area contributed by atoms with Gasteiger partial charge in [0.2, 0.25) is 15.9 Å². The fraction of sp³-hybridized carbons (Fsp3) is 0.435. The van der Waals surface area contributed by atoms with E-state index in [4.69, 9.17) is 23.2 Å². The van der Waals surface area contributed by atoms with Gasteiger partial charge in [-0.2, -0.15) is 0 Å². The number of nitrogens with zero attached hydrogens (tertiary/aromatic N) is 1. The van der Waals surface area contributed by atoms with Gasteiger partial charge in [-0.25, -0.2) is 12.7 Å². The normalized spacial score (nSPS) is 16.7. The number of hydrogen-bond donors (Lipinski definition) is 1. The summed E-state index contributed by atoms with van der Waals surface area (Å²) in [7, 11) is -3.56. The van der Waals surface area contributed by atoms with Crippen LogP contribution in [0.2, 0.25) is 10.0 Å². The SMILES string of the molecule is CC(CCc1ccccc1)NC(=O)C1CCN(S(=O)(=O)Cc2c(Cl)cccc2Cl)CC1. The standard InChI is InChI=1S/C23H28Cl2N2O3S/c1-17(10-11-18-6-3-2-4-7-18)26-23(28)19-12-14-27(15-13-19)31(29,30)16-20-21(24)8-5-9-22(20)25/h2-9,17,19H,10-16H2,1H3,(H,26,28). The van der Waals surface area contributed by atoms with Gasteiger partial charge < -0.3 is 5.32 Å². The molecule has 31 heavy (non-hydrogen) atoms. The number of sulfonamides is 1. The quantitative estimate of drug-likeness (QED) is 0.594. The predicted octanol–water partition coefficient (Wildman–Crippen LogP) is 4.67. The van der Waals surface area contributed by atoms with Gasteiger partial charge in [0.15, 0.2) is 0 Å². The Hall–Kier alpha value is -1.60. The van der Waals surface area contributed by atoms with E-state index in [0.29, 0.717) is 41.5 Å². The minimum atomic E-state index is -3.56. The molecule has 1 fully saturated rings. The van der Waals surface area contributed by atoms with Gasteiger partial charge in [-0.05, 0) is 50.3 Å². The molecule has 1 aliphatic rings. The Balaban J connectivity index is 1.48. The summed E-state index contributed by atoms with van der Waals surface area (Å²) < 4.78 is 27.1. The molecule has 1 aliphatic heterocycles. The Bertz CT molecular complexity index is 971. The van der Waals surface area contributed by atoms with Crippen molar-refractivity contribution in [1.29, 1.82) is 0 Å². The maximum Gasteiger partial charge on any atom is 0.223 e. The lowest BCUT2D eigenvalue weighted by Gasteiger charge is -2.31. The highest BCUT2D eigenvalue weighted by Gasteiger charge is 2.32. The van der Waals surface area contributed by atoms with Gasteiger partial charge in [-0.3, -0.25) is 4.79 Å². The molecule has 1 N–H and O–H groups in total. The average molecular weight is 483 g/mol. The molecule has 0 bridgehead atoms. The van der Waals surface area contributed by atoms with E-state index in [0.717, 1.165) is 12.8 Å². The zero-order valence-electron chi connectivity index (χ0n) is 17.6. The van der Waals surface area contributed by atoms with Gasteiger partial charge in [0, 0.05) is 40.7 Å². The van der Waals surface area contributed by atoms with Gasteiger partial charge >= 0.3 is 0 Å². The van der Waals surface area contributed by atoms with Crippen LogP contribution in [0.4, 0.5) is 0 Å². The Morgan fingerprint density at radius 2 is 1.68 bits per heavy atom. The molecular weight excluding hydrogens is 455 g/mol. The van der Waals surface area contributed by atoms with E-state index in [2.05, 4.69) is 17.4 Å². The Kier molecular flexibility index (Phi) is 8.39. The number of aryl methyl sites for hydroxylation is 1. The molecule has 0 aromatic heterocycles. The number of amides is 1. The molecule has 1 saturated heterocycles. The minimum Gasteiger partial charge on any atom is -0.353 e. The lowest BCUT2D eigenvalue weighted by molar-refractivity contribution is -0.126. The molecular formula is C23H28Cl2N2O3S. The molecule has 1 unspecified atom stereocenters. The van der Waals surface area contributed by atoms with Gasteiger partial charge in [-0.1, -0.05) is 59.6 Å². The topological polar surface area (TPSA) is 66.5 Å². The first-order valence-electron chi connectivity index (χ1n) is 10.5. The van der Waals surface area contributed by atoms with Gasteiger partial charge in [0.25, 0.3) is 0 Å². The van der Waals surface area contributed by atoms with Crippen molar-refractivity contribution >= 4 is 39.1 Å². The number of hydrogen-bond acceptors (Lipinski definition) is 3. The van der Waals surface area contributed by atoms with Crippen molar-refractivity contribution in [2.24, 2.45) is 5.92 Å². The molecule has 0 spiro atoms. The van der Waals surface area contributed by atoms with Crippen molar-refractivity contribution in [3.63, 3.8) is 0 Å². The summed E-state index contributed by atoms with van der Waals surface area (Å²) in [6.07, 6.45) is 2.78. The van der Waals surface area contributed by atoms with E-state index >= 15 is 0 Å². The van der Waals surface area contributed by atoms with E-state index < -0.39 is 10.0 Å². The van der Waals surface area contributed by atoms with Crippen LogP contribution in [0, 0.1) is 5.92 Å². The van der Waals surface area contributed by atoms with Crippen LogP contribution in [0.5, 0.6) is 0 Å². The third-order valence-electron chi connectivity index (χ3n) is 5.70. The van der Waals surface area contributed by atoms with Crippen LogP contribution in [-0.2, 0) is 27.0 Å². The summed E-state index contributed by atoms with van der Waals surface area (Å²) in [6.45, 7) is 2.65. The average Bonchev–Trinajstić information content (AvgIpc) is 2.76. The number of benzene rings is 2. The molecule has 1 atom stereocenters. The van der Waals surface area contributed by atoms with E-state index in [-0.39, 0.29) is 23.6 Å². The maximum absolute atomic E-state index is 12.8. The summed E-state index contributed by atoms with van der Waals surface area (Å²) in [6, 6.07) is 15.2. The summed E-state index contributed by atoms with van der Waals surface area (Å²) in [5.74, 6) is -0.403. The molecule has 0 radical (unpaired) electrons. The number of rotatable bonds is 8. The number of piperidine rings is 1. The Morgan fingerprint density at radius 1 is 1.06 bits per heavy atom. The number of carbonyl (C=O) groups is 1. The predicted molar refractivity (Wildman–Crippen MR) is 126 cm³/mol. The van der Waals surface area contributed by atoms with E-state index in [1.807, 2.05) is 25.1 Å². The molecule has 3 rings (SSSR count). The van der Waals surface area contributed by atoms with E-state index in [1.54, 1.807) is 18.2 Å². The summed E-state index contributed by atoms with van der Waals surface area (Å²) in [5.41, 5.74) is 1.67. The molecule has 2 aromatic carbocycles. The second kappa shape index (κ2) is 10.8. The Morgan fingerprint density at radius 3 is 2.29 bits per heavy atom. The highest BCUT2D eigenvalue weighted by molar-refractivity contribution is 7.88. The fourth-order valence-electron chi connectivity index (χ4n) is 3.80. The molecule has 5 nitrogen and oxygen atoms in total. The smallest absolute Gasteiger partial charge is 0.223 e. The summed E-state index contributed by atoms with van der Waals surface area (Å²) in [5, 5.41) is 3.77. The molecule has 168 valence electrons. The summed E-state index contributed by atoms with van der Waals surface area (Å²) in [4.78, 5) is 12.6. The van der Waals surface area contributed by atoms with Crippen LogP contribution < -0.4 is 5.32 Å². The van der Waals surface area contributed by atoms with Gasteiger partial charge in [-0.15, -0.1) is 0 Å². The van der Waals surface area contributed by atoms with Crippen LogP contribution in [0.15, 0.2) is 48.5 Å². The lowest BCUT2D eigenvalue weighted by Crippen LogP contribution is -2.45. The van der Waals surface area contributed by atoms with Crippen molar-refractivity contribution in [2.75, 3.05) is 13.1 Å². The van der Waals surface area contributed by atoms with Crippen molar-refractivity contribution in [3.05, 3.63) is 69.7 Å². The highest BCUT2D eigenvalue weighted by atomic mass is 35.5. The van der Waals surface area contributed by atoms with Crippen LogP contribution in [0.1, 0.15) is 37.3 Å². The molecule has 1 amide bonds. The van der Waals surface area contributed by atoms with E-state index in [1.165, 1.54) is 9.87 Å². The first-order valence-corrected chi connectivity index (χ1v) is 12.9.